The van der Waals surface area contributed by atoms with Crippen molar-refractivity contribution in [1.29, 1.82) is 0 Å². The number of amides is 1. The standard InChI is InChI=1S/C28H31ClN2O3S/c1-3-26(23-15-14-21-9-7-8-10-22(21)17-23)30-28(32)19-31(27-18-24(29)16-13-20(27)2)35(33,34)25-11-5-4-6-12-25/h4-6,11-18,26H,3,7-10,19H2,1-2H3,(H,30,32)/t26-/m1/s1. The highest BCUT2D eigenvalue weighted by Gasteiger charge is 2.29. The number of carbonyl (C=O) groups excluding carboxylic acids is 1. The first kappa shape index (κ1) is 25.3. The van der Waals surface area contributed by atoms with E-state index in [0.717, 1.165) is 22.7 Å². The van der Waals surface area contributed by atoms with E-state index in [1.165, 1.54) is 36.1 Å². The lowest BCUT2D eigenvalue weighted by Crippen LogP contribution is -2.42. The Labute approximate surface area is 213 Å². The van der Waals surface area contributed by atoms with E-state index in [4.69, 9.17) is 11.6 Å². The van der Waals surface area contributed by atoms with Gasteiger partial charge in [-0.1, -0.05) is 61.0 Å². The molecule has 7 heteroatoms. The summed E-state index contributed by atoms with van der Waals surface area (Å²) in [5, 5.41) is 3.47. The van der Waals surface area contributed by atoms with Crippen LogP contribution >= 0.6 is 11.6 Å². The lowest BCUT2D eigenvalue weighted by Gasteiger charge is -2.27. The highest BCUT2D eigenvalue weighted by molar-refractivity contribution is 7.92. The molecule has 0 aliphatic heterocycles. The molecule has 0 aromatic heterocycles. The summed E-state index contributed by atoms with van der Waals surface area (Å²) in [4.78, 5) is 13.4. The first-order chi connectivity index (χ1) is 16.8. The summed E-state index contributed by atoms with van der Waals surface area (Å²) in [5.74, 6) is -0.367. The average molecular weight is 511 g/mol. The maximum absolute atomic E-state index is 13.6. The maximum Gasteiger partial charge on any atom is 0.264 e. The second-order valence-corrected chi connectivity index (χ2v) is 11.3. The van der Waals surface area contributed by atoms with E-state index >= 15 is 0 Å². The summed E-state index contributed by atoms with van der Waals surface area (Å²) in [6.07, 6.45) is 5.26. The summed E-state index contributed by atoms with van der Waals surface area (Å²) in [5.41, 5.74) is 4.89. The molecule has 0 saturated carbocycles. The van der Waals surface area contributed by atoms with Crippen molar-refractivity contribution in [1.82, 2.24) is 5.32 Å². The van der Waals surface area contributed by atoms with Crippen LogP contribution in [0.5, 0.6) is 0 Å². The maximum atomic E-state index is 13.6. The number of hydrogen-bond donors (Lipinski definition) is 1. The van der Waals surface area contributed by atoms with Gasteiger partial charge in [0.25, 0.3) is 10.0 Å². The van der Waals surface area contributed by atoms with Gasteiger partial charge in [0.15, 0.2) is 0 Å². The van der Waals surface area contributed by atoms with Gasteiger partial charge in [0.1, 0.15) is 6.54 Å². The van der Waals surface area contributed by atoms with Crippen LogP contribution in [0.4, 0.5) is 5.69 Å². The van der Waals surface area contributed by atoms with Crippen molar-refractivity contribution in [2.45, 2.75) is 56.9 Å². The van der Waals surface area contributed by atoms with Crippen molar-refractivity contribution in [3.05, 3.63) is 94.0 Å². The lowest BCUT2D eigenvalue weighted by atomic mass is 9.89. The predicted molar refractivity (Wildman–Crippen MR) is 141 cm³/mol. The zero-order chi connectivity index (χ0) is 25.0. The first-order valence-corrected chi connectivity index (χ1v) is 13.9. The zero-order valence-corrected chi connectivity index (χ0v) is 21.7. The monoisotopic (exact) mass is 510 g/mol. The molecule has 0 fully saturated rings. The van der Waals surface area contributed by atoms with E-state index < -0.39 is 10.0 Å². The minimum absolute atomic E-state index is 0.119. The predicted octanol–water partition coefficient (Wildman–Crippen LogP) is 5.99. The quantitative estimate of drug-likeness (QED) is 0.404. The zero-order valence-electron chi connectivity index (χ0n) is 20.1. The van der Waals surface area contributed by atoms with Crippen LogP contribution in [-0.4, -0.2) is 20.9 Å². The summed E-state index contributed by atoms with van der Waals surface area (Å²) < 4.78 is 28.4. The van der Waals surface area contributed by atoms with Crippen LogP contribution in [0.25, 0.3) is 0 Å². The third kappa shape index (κ3) is 5.71. The lowest BCUT2D eigenvalue weighted by molar-refractivity contribution is -0.120. The third-order valence-electron chi connectivity index (χ3n) is 6.58. The fourth-order valence-corrected chi connectivity index (χ4v) is 6.30. The van der Waals surface area contributed by atoms with Gasteiger partial charge in [0.2, 0.25) is 5.91 Å². The van der Waals surface area contributed by atoms with Gasteiger partial charge >= 0.3 is 0 Å². The van der Waals surface area contributed by atoms with Gasteiger partial charge < -0.3 is 5.32 Å². The van der Waals surface area contributed by atoms with E-state index in [2.05, 4.69) is 23.5 Å². The second kappa shape index (κ2) is 10.8. The minimum atomic E-state index is -3.99. The Kier molecular flexibility index (Phi) is 7.82. The van der Waals surface area contributed by atoms with Crippen molar-refractivity contribution >= 4 is 33.2 Å². The molecule has 3 aromatic carbocycles. The minimum Gasteiger partial charge on any atom is -0.348 e. The number of nitrogens with zero attached hydrogens (tertiary/aromatic N) is 1. The van der Waals surface area contributed by atoms with Crippen molar-refractivity contribution in [3.63, 3.8) is 0 Å². The summed E-state index contributed by atoms with van der Waals surface area (Å²) >= 11 is 6.22. The molecule has 184 valence electrons. The average Bonchev–Trinajstić information content (AvgIpc) is 2.87. The fourth-order valence-electron chi connectivity index (χ4n) is 4.63. The van der Waals surface area contributed by atoms with Gasteiger partial charge in [0.05, 0.1) is 16.6 Å². The molecule has 0 heterocycles. The Hall–Kier alpha value is -2.83. The summed E-state index contributed by atoms with van der Waals surface area (Å²) in [6, 6.07) is 19.4. The molecule has 4 rings (SSSR count). The van der Waals surface area contributed by atoms with Gasteiger partial charge in [-0.2, -0.15) is 0 Å². The highest BCUT2D eigenvalue weighted by atomic mass is 35.5. The van der Waals surface area contributed by atoms with Gasteiger partial charge in [0, 0.05) is 5.02 Å². The number of rotatable bonds is 8. The van der Waals surface area contributed by atoms with Crippen LogP contribution in [0.1, 0.15) is 54.5 Å². The smallest absolute Gasteiger partial charge is 0.264 e. The number of benzene rings is 3. The summed E-state index contributed by atoms with van der Waals surface area (Å²) in [7, 11) is -3.99. The molecule has 1 amide bonds. The molecule has 0 spiro atoms. The number of aryl methyl sites for hydroxylation is 3. The Balaban J connectivity index is 1.62. The van der Waals surface area contributed by atoms with Gasteiger partial charge in [-0.05, 0) is 85.5 Å². The molecule has 1 atom stereocenters. The van der Waals surface area contributed by atoms with Gasteiger partial charge in [-0.3, -0.25) is 9.10 Å². The molecule has 5 nitrogen and oxygen atoms in total. The van der Waals surface area contributed by atoms with E-state index in [-0.39, 0.29) is 23.4 Å². The SMILES string of the molecule is CC[C@@H](NC(=O)CN(c1cc(Cl)ccc1C)S(=O)(=O)c1ccccc1)c1ccc2c(c1)CCCC2. The molecule has 3 aromatic rings. The van der Waals surface area contributed by atoms with Crippen molar-refractivity contribution in [2.24, 2.45) is 0 Å². The number of sulfonamides is 1. The molecular weight excluding hydrogens is 480 g/mol. The van der Waals surface area contributed by atoms with Crippen molar-refractivity contribution < 1.29 is 13.2 Å². The van der Waals surface area contributed by atoms with E-state index in [1.807, 2.05) is 6.92 Å². The summed E-state index contributed by atoms with van der Waals surface area (Å²) in [6.45, 7) is 3.48. The largest absolute Gasteiger partial charge is 0.348 e. The third-order valence-corrected chi connectivity index (χ3v) is 8.59. The molecular formula is C28H31ClN2O3S. The Morgan fingerprint density at radius 3 is 2.43 bits per heavy atom. The van der Waals surface area contributed by atoms with E-state index in [9.17, 15) is 13.2 Å². The van der Waals surface area contributed by atoms with E-state index in [1.54, 1.807) is 43.3 Å². The molecule has 1 aliphatic carbocycles. The fraction of sp³-hybridized carbons (Fsp3) is 0.321. The van der Waals surface area contributed by atoms with Gasteiger partial charge in [-0.15, -0.1) is 0 Å². The molecule has 0 saturated heterocycles. The van der Waals surface area contributed by atoms with Crippen molar-refractivity contribution in [3.8, 4) is 0 Å². The van der Waals surface area contributed by atoms with Gasteiger partial charge in [-0.25, -0.2) is 8.42 Å². The Morgan fingerprint density at radius 2 is 1.71 bits per heavy atom. The number of fused-ring (bicyclic) bond motifs is 1. The van der Waals surface area contributed by atoms with Crippen LogP contribution in [0.2, 0.25) is 5.02 Å². The first-order valence-electron chi connectivity index (χ1n) is 12.0. The number of hydrogen-bond acceptors (Lipinski definition) is 3. The normalized spacial score (nSPS) is 14.1. The topological polar surface area (TPSA) is 66.5 Å². The van der Waals surface area contributed by atoms with Crippen LogP contribution in [0.3, 0.4) is 0 Å². The molecule has 1 aliphatic rings. The molecule has 0 unspecified atom stereocenters. The van der Waals surface area contributed by atoms with Crippen LogP contribution < -0.4 is 9.62 Å². The number of carbonyl (C=O) groups is 1. The Morgan fingerprint density at radius 1 is 1.00 bits per heavy atom. The van der Waals surface area contributed by atoms with Crippen LogP contribution in [-0.2, 0) is 27.7 Å². The number of anilines is 1. The highest BCUT2D eigenvalue weighted by Crippen LogP contribution is 2.30. The number of halogens is 1. The number of nitrogens with one attached hydrogen (secondary N) is 1. The Bertz CT molecular complexity index is 1310. The van der Waals surface area contributed by atoms with E-state index in [0.29, 0.717) is 22.7 Å². The van der Waals surface area contributed by atoms with Crippen molar-refractivity contribution in [2.75, 3.05) is 10.8 Å². The molecule has 0 radical (unpaired) electrons. The van der Waals surface area contributed by atoms with Crippen LogP contribution in [0, 0.1) is 6.92 Å². The van der Waals surface area contributed by atoms with Crippen LogP contribution in [0.15, 0.2) is 71.6 Å². The second-order valence-electron chi connectivity index (χ2n) is 9.02. The molecule has 1 N–H and O–H groups in total. The molecule has 0 bridgehead atoms. The molecule has 35 heavy (non-hydrogen) atoms.